The van der Waals surface area contributed by atoms with E-state index in [9.17, 15) is 19.2 Å². The number of nitrogens with two attached hydrogens (primary N) is 2. The number of benzene rings is 3. The molecule has 0 saturated heterocycles. The number of nitrogen functional groups attached to an aromatic ring is 2. The van der Waals surface area contributed by atoms with Gasteiger partial charge in [0.2, 0.25) is 5.91 Å². The van der Waals surface area contributed by atoms with Crippen LogP contribution in [0.2, 0.25) is 5.02 Å². The minimum absolute atomic E-state index is 0.0465. The van der Waals surface area contributed by atoms with Gasteiger partial charge in [0.15, 0.2) is 5.49 Å². The Hall–Kier alpha value is -5.16. The third-order valence-corrected chi connectivity index (χ3v) is 7.39. The first-order valence-electron chi connectivity index (χ1n) is 13.9. The zero-order valence-corrected chi connectivity index (χ0v) is 24.4. The Kier molecular flexibility index (Phi) is 8.96. The van der Waals surface area contributed by atoms with Crippen molar-refractivity contribution in [3.63, 3.8) is 0 Å². The lowest BCUT2D eigenvalue weighted by Gasteiger charge is -2.17. The molecule has 4 aromatic rings. The van der Waals surface area contributed by atoms with E-state index in [1.807, 2.05) is 30.3 Å². The van der Waals surface area contributed by atoms with Crippen molar-refractivity contribution in [2.75, 3.05) is 5.73 Å². The fourth-order valence-electron chi connectivity index (χ4n) is 4.65. The van der Waals surface area contributed by atoms with E-state index in [1.165, 1.54) is 24.3 Å². The maximum Gasteiger partial charge on any atom is 0.251 e. The number of hydrogen-bond donors (Lipinski definition) is 6. The zero-order valence-electron chi connectivity index (χ0n) is 23.6. The van der Waals surface area contributed by atoms with Crippen LogP contribution >= 0.6 is 11.6 Å². The van der Waals surface area contributed by atoms with E-state index in [4.69, 9.17) is 28.5 Å². The fraction of sp³-hybridized carbons (Fsp3) is 0.188. The summed E-state index contributed by atoms with van der Waals surface area (Å²) in [6.07, 6.45) is 1.40. The van der Waals surface area contributed by atoms with Crippen molar-refractivity contribution >= 4 is 34.9 Å². The van der Waals surface area contributed by atoms with Crippen LogP contribution < -0.4 is 27.6 Å². The van der Waals surface area contributed by atoms with Crippen molar-refractivity contribution in [2.24, 2.45) is 10.7 Å². The molecular weight excluding hydrogens is 585 g/mol. The van der Waals surface area contributed by atoms with Crippen molar-refractivity contribution in [3.8, 4) is 11.1 Å². The highest BCUT2D eigenvalue weighted by molar-refractivity contribution is 6.33. The van der Waals surface area contributed by atoms with Crippen molar-refractivity contribution < 1.29 is 19.2 Å². The van der Waals surface area contributed by atoms with E-state index in [0.717, 1.165) is 29.2 Å². The predicted molar refractivity (Wildman–Crippen MR) is 166 cm³/mol. The molecule has 0 unspecified atom stereocenters. The fourth-order valence-corrected chi connectivity index (χ4v) is 4.97. The minimum Gasteiger partial charge on any atom is -0.427 e. The molecule has 0 spiro atoms. The maximum atomic E-state index is 14.5. The molecule has 0 aliphatic heterocycles. The average Bonchev–Trinajstić information content (AvgIpc) is 3.82. The zero-order chi connectivity index (χ0) is 31.4. The van der Waals surface area contributed by atoms with Crippen molar-refractivity contribution in [2.45, 2.75) is 38.4 Å². The number of nitrogens with one attached hydrogen (secondary N) is 3. The van der Waals surface area contributed by atoms with Crippen molar-refractivity contribution in [3.05, 3.63) is 117 Å². The summed E-state index contributed by atoms with van der Waals surface area (Å²) < 4.78 is 15.4. The van der Waals surface area contributed by atoms with Crippen molar-refractivity contribution in [1.82, 2.24) is 15.4 Å². The highest BCUT2D eigenvalue weighted by Crippen LogP contribution is 2.33. The second-order valence-corrected chi connectivity index (χ2v) is 10.9. The summed E-state index contributed by atoms with van der Waals surface area (Å²) in [5.41, 5.74) is 14.5. The molecular formula is C32H31ClFN7O3. The molecule has 1 heterocycles. The SMILES string of the molecule is N=C(N)c1ccc(CNC(=O)Cc2c(-c3cc(N)cc(C(=O)NCc4ccccc4)c3)c(Cl)cc(=NC3CC3)n2O)c(F)c1. The number of hydrogen-bond acceptors (Lipinski definition) is 6. The van der Waals surface area contributed by atoms with E-state index in [0.29, 0.717) is 17.7 Å². The van der Waals surface area contributed by atoms with Gasteiger partial charge in [-0.25, -0.2) is 4.39 Å². The van der Waals surface area contributed by atoms with Gasteiger partial charge in [0.25, 0.3) is 5.91 Å². The lowest BCUT2D eigenvalue weighted by atomic mass is 9.98. The highest BCUT2D eigenvalue weighted by Gasteiger charge is 2.23. The number of pyridine rings is 1. The third-order valence-electron chi connectivity index (χ3n) is 7.09. The van der Waals surface area contributed by atoms with Crippen LogP contribution in [-0.2, 0) is 24.3 Å². The van der Waals surface area contributed by atoms with E-state index in [-0.39, 0.29) is 69.3 Å². The van der Waals surface area contributed by atoms with E-state index in [2.05, 4.69) is 15.6 Å². The molecule has 8 N–H and O–H groups in total. The molecule has 1 fully saturated rings. The number of rotatable bonds is 10. The first-order chi connectivity index (χ1) is 21.1. The Morgan fingerprint density at radius 3 is 2.45 bits per heavy atom. The van der Waals surface area contributed by atoms with E-state index in [1.54, 1.807) is 12.1 Å². The van der Waals surface area contributed by atoms with Gasteiger partial charge >= 0.3 is 0 Å². The molecule has 0 radical (unpaired) electrons. The Bertz CT molecular complexity index is 1820. The second kappa shape index (κ2) is 13.0. The Morgan fingerprint density at radius 1 is 1.02 bits per heavy atom. The summed E-state index contributed by atoms with van der Waals surface area (Å²) in [5, 5.41) is 24.4. The summed E-state index contributed by atoms with van der Waals surface area (Å²) in [6.45, 7) is 0.162. The summed E-state index contributed by atoms with van der Waals surface area (Å²) in [5.74, 6) is -1.80. The molecule has 2 amide bonds. The topological polar surface area (TPSA) is 172 Å². The van der Waals surface area contributed by atoms with Crippen molar-refractivity contribution in [1.29, 1.82) is 5.41 Å². The molecule has 0 atom stereocenters. The molecule has 1 saturated carbocycles. The van der Waals surface area contributed by atoms with E-state index >= 15 is 0 Å². The van der Waals surface area contributed by atoms with Crippen LogP contribution in [0.1, 0.15) is 45.6 Å². The normalized spacial score (nSPS) is 13.0. The number of amides is 2. The Labute approximate surface area is 257 Å². The lowest BCUT2D eigenvalue weighted by Crippen LogP contribution is -2.30. The molecule has 1 aliphatic carbocycles. The summed E-state index contributed by atoms with van der Waals surface area (Å²) in [7, 11) is 0. The molecule has 5 rings (SSSR count). The molecule has 3 aromatic carbocycles. The first kappa shape index (κ1) is 30.3. The molecule has 44 heavy (non-hydrogen) atoms. The number of halogens is 2. The van der Waals surface area contributed by atoms with Gasteiger partial charge in [0.05, 0.1) is 23.2 Å². The van der Waals surface area contributed by atoms with Crippen LogP contribution in [0.5, 0.6) is 0 Å². The molecule has 226 valence electrons. The van der Waals surface area contributed by atoms with Crippen LogP contribution in [0, 0.1) is 11.2 Å². The molecule has 0 bridgehead atoms. The summed E-state index contributed by atoms with van der Waals surface area (Å²) in [4.78, 5) is 30.7. The van der Waals surface area contributed by atoms with Gasteiger partial charge in [-0.2, -0.15) is 4.73 Å². The largest absolute Gasteiger partial charge is 0.427 e. The number of carbonyl (C=O) groups is 2. The van der Waals surface area contributed by atoms with Crippen LogP contribution in [0.4, 0.5) is 10.1 Å². The number of anilines is 1. The maximum absolute atomic E-state index is 14.5. The van der Waals surface area contributed by atoms with Gasteiger partial charge in [-0.3, -0.25) is 20.0 Å². The van der Waals surface area contributed by atoms with Gasteiger partial charge < -0.3 is 27.3 Å². The molecule has 12 heteroatoms. The predicted octanol–water partition coefficient (Wildman–Crippen LogP) is 3.90. The summed E-state index contributed by atoms with van der Waals surface area (Å²) >= 11 is 6.75. The molecule has 1 aliphatic rings. The van der Waals surface area contributed by atoms with Gasteiger partial charge in [-0.1, -0.05) is 54.1 Å². The van der Waals surface area contributed by atoms with Crippen LogP contribution in [-0.4, -0.2) is 33.6 Å². The highest BCUT2D eigenvalue weighted by atomic mass is 35.5. The van der Waals surface area contributed by atoms with Crippen LogP contribution in [0.25, 0.3) is 11.1 Å². The van der Waals surface area contributed by atoms with Gasteiger partial charge in [0.1, 0.15) is 11.7 Å². The Morgan fingerprint density at radius 2 is 1.77 bits per heavy atom. The standard InChI is InChI=1S/C32H31ClFN7O3/c33-25-14-28(40-24-8-9-24)41(44)27(15-29(42)38-17-20-7-6-19(31(36)37)13-26(20)34)30(25)21-10-22(12-23(35)11-21)32(43)39-16-18-4-2-1-3-5-18/h1-7,10-14,24,44H,8-9,15-17,35H2,(H3,36,37)(H,38,42)(H,39,43). The summed E-state index contributed by atoms with van der Waals surface area (Å²) in [6, 6.07) is 19.7. The van der Waals surface area contributed by atoms with Crippen LogP contribution in [0.15, 0.2) is 77.8 Å². The molecule has 1 aromatic heterocycles. The number of amidine groups is 1. The molecule has 10 nitrogen and oxygen atoms in total. The van der Waals surface area contributed by atoms with Gasteiger partial charge in [0, 0.05) is 47.1 Å². The average molecular weight is 616 g/mol. The lowest BCUT2D eigenvalue weighted by molar-refractivity contribution is -0.120. The number of aromatic nitrogens is 1. The first-order valence-corrected chi connectivity index (χ1v) is 14.3. The monoisotopic (exact) mass is 615 g/mol. The smallest absolute Gasteiger partial charge is 0.251 e. The van der Waals surface area contributed by atoms with Gasteiger partial charge in [-0.15, -0.1) is 0 Å². The van der Waals surface area contributed by atoms with Gasteiger partial charge in [-0.05, 0) is 48.2 Å². The Balaban J connectivity index is 1.45. The quantitative estimate of drug-likeness (QED) is 0.0686. The van der Waals surface area contributed by atoms with Crippen LogP contribution in [0.3, 0.4) is 0 Å². The minimum atomic E-state index is -0.623. The number of carbonyl (C=O) groups excluding carboxylic acids is 2. The van der Waals surface area contributed by atoms with E-state index < -0.39 is 11.7 Å². The second-order valence-electron chi connectivity index (χ2n) is 10.5. The number of nitrogens with zero attached hydrogens (tertiary/aromatic N) is 2. The third kappa shape index (κ3) is 7.24.